The van der Waals surface area contributed by atoms with Crippen LogP contribution in [0.3, 0.4) is 0 Å². The van der Waals surface area contributed by atoms with Crippen molar-refractivity contribution in [2.45, 2.75) is 51.4 Å². The van der Waals surface area contributed by atoms with E-state index in [0.29, 0.717) is 24.7 Å². The summed E-state index contributed by atoms with van der Waals surface area (Å²) in [4.78, 5) is 12.1. The van der Waals surface area contributed by atoms with Gasteiger partial charge in [-0.05, 0) is 80.9 Å². The highest BCUT2D eigenvalue weighted by Gasteiger charge is 2.15. The number of ether oxygens (including phenoxy) is 2. The Kier molecular flexibility index (Phi) is 9.92. The standard InChI is InChI=1S/C25H34N6O3S/c1-5-33-22-16-19(12-13-21(22)34-18-23(32)27-25(2,3)4)17-26-14-9-15-35-24-28-29-30-31(24)20-10-7-6-8-11-20/h6-8,10-13,16,26H,5,9,14-15,17-18H2,1-4H3,(H,27,32). The Morgan fingerprint density at radius 3 is 2.63 bits per heavy atom. The smallest absolute Gasteiger partial charge is 0.258 e. The van der Waals surface area contributed by atoms with Crippen molar-refractivity contribution in [1.82, 2.24) is 30.8 Å². The first-order chi connectivity index (χ1) is 16.9. The molecule has 0 saturated heterocycles. The van der Waals surface area contributed by atoms with E-state index in [1.165, 1.54) is 0 Å². The molecule has 2 N–H and O–H groups in total. The molecule has 0 unspecified atom stereocenters. The first kappa shape index (κ1) is 26.5. The highest BCUT2D eigenvalue weighted by atomic mass is 32.2. The Morgan fingerprint density at radius 2 is 1.89 bits per heavy atom. The van der Waals surface area contributed by atoms with E-state index >= 15 is 0 Å². The lowest BCUT2D eigenvalue weighted by Crippen LogP contribution is -2.43. The number of nitrogens with one attached hydrogen (secondary N) is 2. The number of tetrazole rings is 1. The topological polar surface area (TPSA) is 103 Å². The van der Waals surface area contributed by atoms with Gasteiger partial charge in [-0.3, -0.25) is 4.79 Å². The minimum atomic E-state index is -0.298. The predicted octanol–water partition coefficient (Wildman–Crippen LogP) is 3.63. The normalized spacial score (nSPS) is 11.3. The predicted molar refractivity (Wildman–Crippen MR) is 137 cm³/mol. The summed E-state index contributed by atoms with van der Waals surface area (Å²) in [6.45, 7) is 9.75. The molecule has 0 aliphatic carbocycles. The van der Waals surface area contributed by atoms with Crippen molar-refractivity contribution in [3.8, 4) is 17.2 Å². The number of nitrogens with zero attached hydrogens (tertiary/aromatic N) is 4. The summed E-state index contributed by atoms with van der Waals surface area (Å²) >= 11 is 1.63. The number of rotatable bonds is 13. The molecule has 9 nitrogen and oxygen atoms in total. The summed E-state index contributed by atoms with van der Waals surface area (Å²) in [7, 11) is 0. The van der Waals surface area contributed by atoms with Crippen LogP contribution in [0, 0.1) is 0 Å². The fourth-order valence-corrected chi connectivity index (χ4v) is 4.07. The van der Waals surface area contributed by atoms with E-state index in [0.717, 1.165) is 35.1 Å². The summed E-state index contributed by atoms with van der Waals surface area (Å²) < 4.78 is 13.2. The molecule has 1 aromatic heterocycles. The van der Waals surface area contributed by atoms with Gasteiger partial charge in [0, 0.05) is 17.8 Å². The van der Waals surface area contributed by atoms with E-state index in [-0.39, 0.29) is 18.1 Å². The summed E-state index contributed by atoms with van der Waals surface area (Å²) in [6.07, 6.45) is 0.967. The zero-order chi connectivity index (χ0) is 25.1. The van der Waals surface area contributed by atoms with Gasteiger partial charge in [0.05, 0.1) is 12.3 Å². The van der Waals surface area contributed by atoms with Crippen LogP contribution >= 0.6 is 11.8 Å². The fraction of sp³-hybridized carbons (Fsp3) is 0.440. The molecule has 1 heterocycles. The Balaban J connectivity index is 1.42. The van der Waals surface area contributed by atoms with Crippen LogP contribution in [0.5, 0.6) is 11.5 Å². The number of amides is 1. The molecule has 0 fully saturated rings. The molecular formula is C25H34N6O3S. The van der Waals surface area contributed by atoms with Crippen molar-refractivity contribution >= 4 is 17.7 Å². The number of hydrogen-bond acceptors (Lipinski definition) is 8. The van der Waals surface area contributed by atoms with Crippen molar-refractivity contribution in [1.29, 1.82) is 0 Å². The van der Waals surface area contributed by atoms with Crippen molar-refractivity contribution < 1.29 is 14.3 Å². The molecule has 188 valence electrons. The van der Waals surface area contributed by atoms with Crippen LogP contribution in [-0.4, -0.2) is 57.2 Å². The molecule has 0 atom stereocenters. The SMILES string of the molecule is CCOc1cc(CNCCCSc2nnnn2-c2ccccc2)ccc1OCC(=O)NC(C)(C)C. The van der Waals surface area contributed by atoms with Crippen LogP contribution in [0.1, 0.15) is 39.7 Å². The molecule has 3 aromatic rings. The Labute approximate surface area is 211 Å². The molecule has 0 radical (unpaired) electrons. The molecule has 0 bridgehead atoms. The first-order valence-electron chi connectivity index (χ1n) is 11.7. The second-order valence-electron chi connectivity index (χ2n) is 8.89. The van der Waals surface area contributed by atoms with Gasteiger partial charge in [0.1, 0.15) is 0 Å². The van der Waals surface area contributed by atoms with Gasteiger partial charge in [-0.25, -0.2) is 0 Å². The average Bonchev–Trinajstić information content (AvgIpc) is 3.29. The highest BCUT2D eigenvalue weighted by molar-refractivity contribution is 7.99. The van der Waals surface area contributed by atoms with E-state index in [9.17, 15) is 4.79 Å². The van der Waals surface area contributed by atoms with E-state index in [1.54, 1.807) is 16.4 Å². The van der Waals surface area contributed by atoms with Crippen molar-refractivity contribution in [2.75, 3.05) is 25.5 Å². The maximum atomic E-state index is 12.1. The van der Waals surface area contributed by atoms with Gasteiger partial charge >= 0.3 is 0 Å². The van der Waals surface area contributed by atoms with Crippen LogP contribution in [0.25, 0.3) is 5.69 Å². The molecule has 0 aliphatic rings. The van der Waals surface area contributed by atoms with E-state index in [1.807, 2.05) is 76.2 Å². The number of aromatic nitrogens is 4. The second-order valence-corrected chi connectivity index (χ2v) is 9.95. The van der Waals surface area contributed by atoms with Gasteiger partial charge in [0.25, 0.3) is 5.91 Å². The molecule has 10 heteroatoms. The summed E-state index contributed by atoms with van der Waals surface area (Å²) in [6, 6.07) is 15.7. The third-order valence-corrected chi connectivity index (χ3v) is 5.69. The number of hydrogen-bond donors (Lipinski definition) is 2. The van der Waals surface area contributed by atoms with Crippen LogP contribution in [0.2, 0.25) is 0 Å². The maximum absolute atomic E-state index is 12.1. The molecule has 3 rings (SSSR count). The maximum Gasteiger partial charge on any atom is 0.258 e. The second kappa shape index (κ2) is 13.1. The van der Waals surface area contributed by atoms with E-state index < -0.39 is 0 Å². The molecule has 1 amide bonds. The van der Waals surface area contributed by atoms with Gasteiger partial charge in [0.15, 0.2) is 18.1 Å². The van der Waals surface area contributed by atoms with E-state index in [2.05, 4.69) is 26.2 Å². The molecule has 35 heavy (non-hydrogen) atoms. The lowest BCUT2D eigenvalue weighted by molar-refractivity contribution is -0.124. The Hall–Kier alpha value is -3.11. The molecular weight excluding hydrogens is 464 g/mol. The third kappa shape index (κ3) is 8.88. The molecule has 2 aromatic carbocycles. The van der Waals surface area contributed by atoms with E-state index in [4.69, 9.17) is 9.47 Å². The summed E-state index contributed by atoms with van der Waals surface area (Å²) in [5.41, 5.74) is 1.74. The van der Waals surface area contributed by atoms with Gasteiger partial charge in [0.2, 0.25) is 5.16 Å². The van der Waals surface area contributed by atoms with Gasteiger partial charge in [-0.15, -0.1) is 5.10 Å². The fourth-order valence-electron chi connectivity index (χ4n) is 3.24. The molecule has 0 aliphatic heterocycles. The van der Waals surface area contributed by atoms with Crippen LogP contribution < -0.4 is 20.1 Å². The van der Waals surface area contributed by atoms with Gasteiger partial charge < -0.3 is 20.1 Å². The quantitative estimate of drug-likeness (QED) is 0.272. The van der Waals surface area contributed by atoms with Crippen LogP contribution in [-0.2, 0) is 11.3 Å². The lowest BCUT2D eigenvalue weighted by atomic mass is 10.1. The number of thioether (sulfide) groups is 1. The Bertz CT molecular complexity index is 1070. The van der Waals surface area contributed by atoms with Crippen molar-refractivity contribution in [3.63, 3.8) is 0 Å². The number of para-hydroxylation sites is 1. The summed E-state index contributed by atoms with van der Waals surface area (Å²) in [5.74, 6) is 1.93. The highest BCUT2D eigenvalue weighted by Crippen LogP contribution is 2.28. The molecule has 0 saturated carbocycles. The average molecular weight is 499 g/mol. The number of carbonyl (C=O) groups is 1. The zero-order valence-electron chi connectivity index (χ0n) is 20.8. The zero-order valence-corrected chi connectivity index (χ0v) is 21.6. The van der Waals surface area contributed by atoms with Crippen molar-refractivity contribution in [2.24, 2.45) is 0 Å². The third-order valence-electron chi connectivity index (χ3n) is 4.68. The van der Waals surface area contributed by atoms with Gasteiger partial charge in [-0.1, -0.05) is 36.0 Å². The monoisotopic (exact) mass is 498 g/mol. The van der Waals surface area contributed by atoms with Crippen LogP contribution in [0.15, 0.2) is 53.7 Å². The largest absolute Gasteiger partial charge is 0.490 e. The number of carbonyl (C=O) groups excluding carboxylic acids is 1. The Morgan fingerprint density at radius 1 is 1.09 bits per heavy atom. The van der Waals surface area contributed by atoms with Crippen LogP contribution in [0.4, 0.5) is 0 Å². The first-order valence-corrected chi connectivity index (χ1v) is 12.7. The summed E-state index contributed by atoms with van der Waals surface area (Å²) in [5, 5.41) is 19.1. The lowest BCUT2D eigenvalue weighted by Gasteiger charge is -2.21. The number of benzene rings is 2. The minimum Gasteiger partial charge on any atom is -0.490 e. The molecule has 0 spiro atoms. The minimum absolute atomic E-state index is 0.0554. The van der Waals surface area contributed by atoms with Crippen molar-refractivity contribution in [3.05, 3.63) is 54.1 Å². The van der Waals surface area contributed by atoms with Gasteiger partial charge in [-0.2, -0.15) is 4.68 Å².